The summed E-state index contributed by atoms with van der Waals surface area (Å²) in [5, 5.41) is 22.2. The van der Waals surface area contributed by atoms with E-state index in [0.717, 1.165) is 35.7 Å². The maximum absolute atomic E-state index is 9.85. The van der Waals surface area contributed by atoms with Crippen LogP contribution in [0.1, 0.15) is 80.7 Å². The van der Waals surface area contributed by atoms with Gasteiger partial charge < -0.3 is 4.57 Å². The minimum absolute atomic E-state index is 0.0835. The second-order valence-electron chi connectivity index (χ2n) is 15.0. The predicted molar refractivity (Wildman–Crippen MR) is 175 cm³/mol. The Bertz CT molecular complexity index is 2060. The number of fused-ring (bicyclic) bond motifs is 5. The molecule has 0 radical (unpaired) electrons. The summed E-state index contributed by atoms with van der Waals surface area (Å²) >= 11 is 1.87. The van der Waals surface area contributed by atoms with Gasteiger partial charge in [-0.1, -0.05) is 63.2 Å². The quantitative estimate of drug-likeness (QED) is 0.210. The number of aromatic nitrogens is 1. The second-order valence-corrected chi connectivity index (χ2v) is 16.0. The molecule has 3 aromatic carbocycles. The van der Waals surface area contributed by atoms with Crippen molar-refractivity contribution in [2.24, 2.45) is 29.1 Å². The molecule has 2 aromatic heterocycles. The van der Waals surface area contributed by atoms with Gasteiger partial charge >= 0.3 is 0 Å². The van der Waals surface area contributed by atoms with Crippen molar-refractivity contribution in [2.45, 2.75) is 64.7 Å². The summed E-state index contributed by atoms with van der Waals surface area (Å²) < 4.78 is 2.61. The smallest absolute Gasteiger partial charge is 0.109 e. The van der Waals surface area contributed by atoms with E-state index in [9.17, 15) is 10.5 Å². The maximum Gasteiger partial charge on any atom is 0.109 e. The van der Waals surface area contributed by atoms with Gasteiger partial charge in [-0.2, -0.15) is 10.5 Å². The average molecular weight is 578 g/mol. The Morgan fingerprint density at radius 3 is 2.23 bits per heavy atom. The highest BCUT2D eigenvalue weighted by atomic mass is 32.1. The van der Waals surface area contributed by atoms with Gasteiger partial charge in [-0.25, -0.2) is 0 Å². The molecular formula is C39H35N3S. The Morgan fingerprint density at radius 1 is 0.837 bits per heavy atom. The van der Waals surface area contributed by atoms with Gasteiger partial charge in [0.15, 0.2) is 0 Å². The van der Waals surface area contributed by atoms with Crippen LogP contribution < -0.4 is 0 Å². The number of hydrogen-bond donors (Lipinski definition) is 0. The number of thiophene rings is 1. The van der Waals surface area contributed by atoms with Crippen molar-refractivity contribution in [2.75, 3.05) is 0 Å². The van der Waals surface area contributed by atoms with Crippen LogP contribution in [0.2, 0.25) is 0 Å². The first kappa shape index (κ1) is 25.6. The number of nitrogens with zero attached hydrogens (tertiary/aromatic N) is 3. The van der Waals surface area contributed by atoms with Crippen molar-refractivity contribution in [1.82, 2.24) is 4.57 Å². The summed E-state index contributed by atoms with van der Waals surface area (Å²) in [4.78, 5) is 2.54. The summed E-state index contributed by atoms with van der Waals surface area (Å²) in [6.07, 6.45) is 7.92. The van der Waals surface area contributed by atoms with E-state index in [1.807, 2.05) is 29.5 Å². The second kappa shape index (κ2) is 8.62. The molecule has 1 spiro atoms. The number of rotatable bonds is 2. The lowest BCUT2D eigenvalue weighted by molar-refractivity contribution is -0.0418. The van der Waals surface area contributed by atoms with E-state index in [0.29, 0.717) is 11.1 Å². The van der Waals surface area contributed by atoms with Crippen molar-refractivity contribution >= 4 is 32.5 Å². The van der Waals surface area contributed by atoms with Gasteiger partial charge in [0.25, 0.3) is 0 Å². The number of nitriles is 2. The van der Waals surface area contributed by atoms with E-state index in [4.69, 9.17) is 0 Å². The first-order chi connectivity index (χ1) is 20.8. The van der Waals surface area contributed by atoms with Crippen molar-refractivity contribution in [1.29, 1.82) is 10.5 Å². The Kier molecular flexibility index (Phi) is 5.13. The third-order valence-corrected chi connectivity index (χ3v) is 12.7. The van der Waals surface area contributed by atoms with Crippen LogP contribution in [0.3, 0.4) is 0 Å². The molecule has 5 aromatic rings. The van der Waals surface area contributed by atoms with E-state index < -0.39 is 0 Å². The Hall–Kier alpha value is -3.86. The highest BCUT2D eigenvalue weighted by molar-refractivity contribution is 7.22. The molecule has 43 heavy (non-hydrogen) atoms. The normalized spacial score (nSPS) is 26.6. The van der Waals surface area contributed by atoms with E-state index >= 15 is 0 Å². The van der Waals surface area contributed by atoms with Crippen molar-refractivity contribution in [3.8, 4) is 28.3 Å². The molecule has 0 unspecified atom stereocenters. The lowest BCUT2D eigenvalue weighted by atomic mass is 9.41. The zero-order valence-electron chi connectivity index (χ0n) is 25.1. The molecule has 4 bridgehead atoms. The Morgan fingerprint density at radius 2 is 1.53 bits per heavy atom. The molecule has 5 aliphatic rings. The fourth-order valence-electron chi connectivity index (χ4n) is 10.3. The molecule has 0 N–H and O–H groups in total. The van der Waals surface area contributed by atoms with Crippen LogP contribution in [0.25, 0.3) is 37.2 Å². The molecule has 4 heteroatoms. The topological polar surface area (TPSA) is 52.5 Å². The van der Waals surface area contributed by atoms with Gasteiger partial charge in [0.2, 0.25) is 0 Å². The van der Waals surface area contributed by atoms with Gasteiger partial charge in [-0.05, 0) is 108 Å². The average Bonchev–Trinajstić information content (AvgIpc) is 3.51. The summed E-state index contributed by atoms with van der Waals surface area (Å²) in [6, 6.07) is 26.8. The third kappa shape index (κ3) is 3.29. The molecule has 1 aliphatic heterocycles. The minimum atomic E-state index is 0.0835. The molecule has 4 aliphatic carbocycles. The van der Waals surface area contributed by atoms with Crippen molar-refractivity contribution in [3.63, 3.8) is 0 Å². The van der Waals surface area contributed by atoms with Crippen LogP contribution in [-0.4, -0.2) is 4.57 Å². The van der Waals surface area contributed by atoms with Gasteiger partial charge in [0.1, 0.15) is 17.0 Å². The van der Waals surface area contributed by atoms with E-state index in [1.54, 1.807) is 11.1 Å². The Labute approximate surface area is 257 Å². The van der Waals surface area contributed by atoms with Gasteiger partial charge in [-0.3, -0.25) is 0 Å². The summed E-state index contributed by atoms with van der Waals surface area (Å²) in [6.45, 7) is 6.96. The molecule has 0 amide bonds. The summed E-state index contributed by atoms with van der Waals surface area (Å²) in [7, 11) is 0. The first-order valence-corrected chi connectivity index (χ1v) is 16.8. The minimum Gasteiger partial charge on any atom is -0.300 e. The standard InChI is InChI=1S/C39H35N3S/c1-38(2,3)19-30-34-29-7-6-9-32-35(29)42(37(34)43-36(30)24-11-12-25(20-40)26(18-24)21-41)33-10-5-4-8-31(33)39(32)27-14-22-13-23(16-27)17-28(39)15-22/h4-12,18,22-23,27-28H,13-17,19H2,1-3H3. The molecule has 0 saturated heterocycles. The van der Waals surface area contributed by atoms with Crippen LogP contribution in [0, 0.1) is 51.7 Å². The zero-order valence-corrected chi connectivity index (χ0v) is 25.9. The SMILES string of the molecule is CC(C)(C)Cc1c(-c2ccc(C#N)c(C#N)c2)sc2c1c1cccc3c1n2-c1ccccc1C31C2CC3CC(C2)CC1C3. The highest BCUT2D eigenvalue weighted by Gasteiger charge is 2.61. The largest absolute Gasteiger partial charge is 0.300 e. The first-order valence-electron chi connectivity index (χ1n) is 16.0. The zero-order chi connectivity index (χ0) is 29.2. The monoisotopic (exact) mass is 577 g/mol. The Balaban J connectivity index is 1.39. The van der Waals surface area contributed by atoms with Crippen LogP contribution in [-0.2, 0) is 11.8 Å². The fraction of sp³-hybridized carbons (Fsp3) is 0.385. The van der Waals surface area contributed by atoms with Crippen molar-refractivity contribution < 1.29 is 0 Å². The fourth-order valence-corrected chi connectivity index (χ4v) is 11.7. The third-order valence-electron chi connectivity index (χ3n) is 11.4. The predicted octanol–water partition coefficient (Wildman–Crippen LogP) is 9.90. The van der Waals surface area contributed by atoms with Crippen LogP contribution in [0.15, 0.2) is 60.7 Å². The van der Waals surface area contributed by atoms with E-state index in [-0.39, 0.29) is 10.8 Å². The maximum atomic E-state index is 9.85. The number of hydrogen-bond acceptors (Lipinski definition) is 3. The summed E-state index contributed by atoms with van der Waals surface area (Å²) in [5.41, 5.74) is 9.44. The van der Waals surface area contributed by atoms with Crippen LogP contribution in [0.4, 0.5) is 0 Å². The van der Waals surface area contributed by atoms with E-state index in [2.05, 4.69) is 79.9 Å². The van der Waals surface area contributed by atoms with Crippen LogP contribution in [0.5, 0.6) is 0 Å². The molecule has 212 valence electrons. The molecule has 0 atom stereocenters. The number of benzene rings is 3. The van der Waals surface area contributed by atoms with Gasteiger partial charge in [-0.15, -0.1) is 11.3 Å². The number of para-hydroxylation sites is 2. The lowest BCUT2D eigenvalue weighted by Crippen LogP contribution is -2.57. The molecule has 3 nitrogen and oxygen atoms in total. The molecular weight excluding hydrogens is 543 g/mol. The molecule has 3 heterocycles. The van der Waals surface area contributed by atoms with E-state index in [1.165, 1.54) is 69.4 Å². The van der Waals surface area contributed by atoms with Gasteiger partial charge in [0.05, 0.1) is 22.3 Å². The lowest BCUT2D eigenvalue weighted by Gasteiger charge is -2.63. The molecule has 4 saturated carbocycles. The van der Waals surface area contributed by atoms with Crippen LogP contribution >= 0.6 is 11.3 Å². The molecule has 4 fully saturated rings. The summed E-state index contributed by atoms with van der Waals surface area (Å²) in [5.74, 6) is 3.29. The van der Waals surface area contributed by atoms with Gasteiger partial charge in [0, 0.05) is 21.1 Å². The van der Waals surface area contributed by atoms with Crippen molar-refractivity contribution in [3.05, 3.63) is 88.5 Å². The highest BCUT2D eigenvalue weighted by Crippen LogP contribution is 2.68. The molecule has 10 rings (SSSR count).